The first-order valence-corrected chi connectivity index (χ1v) is 12.1. The molecule has 1 unspecified atom stereocenters. The van der Waals surface area contributed by atoms with Crippen molar-refractivity contribution in [1.29, 1.82) is 0 Å². The van der Waals surface area contributed by atoms with Crippen LogP contribution >= 0.6 is 11.8 Å². The molecule has 0 aliphatic carbocycles. The molecule has 0 saturated carbocycles. The third kappa shape index (κ3) is 7.00. The zero-order valence-electron chi connectivity index (χ0n) is 19.9. The lowest BCUT2D eigenvalue weighted by atomic mass is 10.0. The smallest absolute Gasteiger partial charge is 0.358 e. The fraction of sp³-hybridized carbons (Fsp3) is 0.250. The van der Waals surface area contributed by atoms with Crippen LogP contribution in [0.2, 0.25) is 0 Å². The summed E-state index contributed by atoms with van der Waals surface area (Å²) in [5, 5.41) is 30.4. The SMILES string of the molecule is CC(=O)O.O=C(COc1ccccc1)NC1C(=O)N2C(C(=O)OCc3ccc([N+](=O)[O-])cc3)=C(O)CS[C@@H]12. The predicted octanol–water partition coefficient (Wildman–Crippen LogP) is 1.98. The lowest BCUT2D eigenvalue weighted by molar-refractivity contribution is -0.384. The van der Waals surface area contributed by atoms with Crippen LogP contribution in [0, 0.1) is 10.1 Å². The van der Waals surface area contributed by atoms with Crippen LogP contribution in [0.5, 0.6) is 5.75 Å². The predicted molar refractivity (Wildman–Crippen MR) is 133 cm³/mol. The number of carboxylic acid groups (broad SMARTS) is 1. The number of carboxylic acids is 1. The Morgan fingerprint density at radius 2 is 1.79 bits per heavy atom. The van der Waals surface area contributed by atoms with Gasteiger partial charge in [-0.2, -0.15) is 0 Å². The Labute approximate surface area is 220 Å². The van der Waals surface area contributed by atoms with Crippen LogP contribution in [-0.2, 0) is 30.5 Å². The van der Waals surface area contributed by atoms with Gasteiger partial charge < -0.3 is 25.0 Å². The lowest BCUT2D eigenvalue weighted by Gasteiger charge is -2.48. The van der Waals surface area contributed by atoms with Crippen molar-refractivity contribution < 1.29 is 43.8 Å². The summed E-state index contributed by atoms with van der Waals surface area (Å²) < 4.78 is 10.6. The molecule has 3 N–H and O–H groups in total. The normalized spacial score (nSPS) is 17.7. The summed E-state index contributed by atoms with van der Waals surface area (Å²) >= 11 is 1.20. The Balaban J connectivity index is 0.000000934. The molecule has 2 aromatic carbocycles. The zero-order chi connectivity index (χ0) is 27.8. The van der Waals surface area contributed by atoms with Crippen LogP contribution in [0.1, 0.15) is 12.5 Å². The molecular formula is C24H23N3O10S. The molecule has 0 bridgehead atoms. The van der Waals surface area contributed by atoms with Crippen LogP contribution in [0.25, 0.3) is 0 Å². The number of aliphatic hydroxyl groups excluding tert-OH is 1. The number of para-hydroxylation sites is 1. The molecule has 1 fully saturated rings. The van der Waals surface area contributed by atoms with Crippen molar-refractivity contribution in [2.24, 2.45) is 0 Å². The van der Waals surface area contributed by atoms with Gasteiger partial charge in [-0.3, -0.25) is 29.4 Å². The van der Waals surface area contributed by atoms with Crippen molar-refractivity contribution in [1.82, 2.24) is 10.2 Å². The third-order valence-corrected chi connectivity index (χ3v) is 6.35. The average Bonchev–Trinajstić information content (AvgIpc) is 2.89. The highest BCUT2D eigenvalue weighted by Gasteiger charge is 2.54. The van der Waals surface area contributed by atoms with Crippen molar-refractivity contribution in [3.05, 3.63) is 81.7 Å². The third-order valence-electron chi connectivity index (χ3n) is 5.09. The molecular weight excluding hydrogens is 522 g/mol. The molecule has 0 spiro atoms. The van der Waals surface area contributed by atoms with Gasteiger partial charge in [0.2, 0.25) is 0 Å². The number of aliphatic hydroxyl groups is 1. The molecule has 2 aromatic rings. The minimum atomic E-state index is -0.910. The van der Waals surface area contributed by atoms with Gasteiger partial charge in [0.05, 0.1) is 10.7 Å². The molecule has 0 aromatic heterocycles. The first-order valence-electron chi connectivity index (χ1n) is 11.0. The molecule has 4 rings (SSSR count). The van der Waals surface area contributed by atoms with Crippen molar-refractivity contribution in [2.45, 2.75) is 24.9 Å². The number of nitrogens with zero attached hydrogens (tertiary/aromatic N) is 2. The Morgan fingerprint density at radius 3 is 2.39 bits per heavy atom. The fourth-order valence-electron chi connectivity index (χ4n) is 3.41. The van der Waals surface area contributed by atoms with E-state index in [9.17, 15) is 29.6 Å². The Kier molecular flexibility index (Phi) is 9.27. The highest BCUT2D eigenvalue weighted by atomic mass is 32.2. The van der Waals surface area contributed by atoms with Crippen LogP contribution in [0.3, 0.4) is 0 Å². The minimum absolute atomic E-state index is 0.0588. The number of ether oxygens (including phenoxy) is 2. The van der Waals surface area contributed by atoms with Gasteiger partial charge in [0.15, 0.2) is 12.3 Å². The Morgan fingerprint density at radius 1 is 1.16 bits per heavy atom. The number of hydrogen-bond acceptors (Lipinski definition) is 10. The summed E-state index contributed by atoms with van der Waals surface area (Å²) in [6.07, 6.45) is 0. The number of thioether (sulfide) groups is 1. The molecule has 200 valence electrons. The van der Waals surface area contributed by atoms with E-state index in [0.29, 0.717) is 11.3 Å². The molecule has 2 aliphatic heterocycles. The van der Waals surface area contributed by atoms with Crippen molar-refractivity contribution in [2.75, 3.05) is 12.4 Å². The van der Waals surface area contributed by atoms with Gasteiger partial charge in [0.1, 0.15) is 29.5 Å². The summed E-state index contributed by atoms with van der Waals surface area (Å²) in [5.41, 5.74) is 0.122. The van der Waals surface area contributed by atoms with E-state index in [1.54, 1.807) is 24.3 Å². The number of nitrogens with one attached hydrogen (secondary N) is 1. The molecule has 0 radical (unpaired) electrons. The lowest BCUT2D eigenvalue weighted by Crippen LogP contribution is -2.70. The highest BCUT2D eigenvalue weighted by molar-refractivity contribution is 8.00. The summed E-state index contributed by atoms with van der Waals surface area (Å²) in [5.74, 6) is -2.53. The molecule has 14 heteroatoms. The van der Waals surface area contributed by atoms with E-state index < -0.39 is 40.1 Å². The highest BCUT2D eigenvalue weighted by Crippen LogP contribution is 2.40. The first-order chi connectivity index (χ1) is 18.1. The number of amides is 2. The number of esters is 1. The van der Waals surface area contributed by atoms with Gasteiger partial charge >= 0.3 is 5.97 Å². The van der Waals surface area contributed by atoms with Gasteiger partial charge in [0, 0.05) is 19.1 Å². The second kappa shape index (κ2) is 12.6. The van der Waals surface area contributed by atoms with Crippen LogP contribution in [-0.4, -0.2) is 67.6 Å². The molecule has 13 nitrogen and oxygen atoms in total. The van der Waals surface area contributed by atoms with Gasteiger partial charge in [0.25, 0.3) is 23.5 Å². The Hall–Kier alpha value is -4.59. The first kappa shape index (κ1) is 28.0. The number of nitro benzene ring substituents is 1. The van der Waals surface area contributed by atoms with E-state index in [1.165, 1.54) is 36.0 Å². The van der Waals surface area contributed by atoms with E-state index in [4.69, 9.17) is 19.4 Å². The number of rotatable bonds is 8. The second-order valence-electron chi connectivity index (χ2n) is 7.87. The topological polar surface area (TPSA) is 186 Å². The monoisotopic (exact) mass is 545 g/mol. The van der Waals surface area contributed by atoms with Gasteiger partial charge in [-0.05, 0) is 29.8 Å². The average molecular weight is 546 g/mol. The van der Waals surface area contributed by atoms with E-state index in [2.05, 4.69) is 5.32 Å². The van der Waals surface area contributed by atoms with Gasteiger partial charge in [-0.15, -0.1) is 11.8 Å². The quantitative estimate of drug-likeness (QED) is 0.191. The number of carbonyl (C=O) groups excluding carboxylic acids is 3. The minimum Gasteiger partial charge on any atom is -0.509 e. The number of carbonyl (C=O) groups is 4. The summed E-state index contributed by atoms with van der Waals surface area (Å²) in [6, 6.07) is 13.3. The number of aliphatic carboxylic acids is 1. The van der Waals surface area contributed by atoms with E-state index in [1.807, 2.05) is 6.07 Å². The summed E-state index contributed by atoms with van der Waals surface area (Å²) in [6.45, 7) is 0.598. The van der Waals surface area contributed by atoms with Crippen LogP contribution in [0.4, 0.5) is 5.69 Å². The van der Waals surface area contributed by atoms with Gasteiger partial charge in [-0.25, -0.2) is 4.79 Å². The number of β-lactam (4-membered cyclic amide) rings is 1. The number of fused-ring (bicyclic) bond motifs is 1. The van der Waals surface area contributed by atoms with Crippen LogP contribution in [0.15, 0.2) is 66.1 Å². The maximum atomic E-state index is 12.7. The molecule has 38 heavy (non-hydrogen) atoms. The number of benzene rings is 2. The molecule has 2 amide bonds. The number of non-ortho nitro benzene ring substituents is 1. The van der Waals surface area contributed by atoms with E-state index >= 15 is 0 Å². The van der Waals surface area contributed by atoms with Gasteiger partial charge in [-0.1, -0.05) is 18.2 Å². The standard InChI is InChI=1S/C22H19N3O8S.C2H4O2/c26-16-12-34-21-18(23-17(27)11-32-15-4-2-1-3-5-15)20(28)24(21)19(16)22(29)33-10-13-6-8-14(9-7-13)25(30)31;1-2(3)4/h1-9,18,21,26H,10-12H2,(H,23,27);1H3,(H,3,4)/t18?,21-;/m0./s1. The maximum absolute atomic E-state index is 12.7. The van der Waals surface area contributed by atoms with E-state index in [-0.39, 0.29) is 36.1 Å². The maximum Gasteiger partial charge on any atom is 0.358 e. The second-order valence-corrected chi connectivity index (χ2v) is 8.98. The van der Waals surface area contributed by atoms with Crippen molar-refractivity contribution >= 4 is 41.2 Å². The zero-order valence-corrected chi connectivity index (χ0v) is 20.8. The summed E-state index contributed by atoms with van der Waals surface area (Å²) in [4.78, 5) is 57.8. The molecule has 2 atom stereocenters. The Bertz CT molecular complexity index is 1250. The van der Waals surface area contributed by atoms with Crippen LogP contribution < -0.4 is 10.1 Å². The molecule has 1 saturated heterocycles. The fourth-order valence-corrected chi connectivity index (χ4v) is 4.61. The van der Waals surface area contributed by atoms with Crippen molar-refractivity contribution in [3.63, 3.8) is 0 Å². The molecule has 2 heterocycles. The van der Waals surface area contributed by atoms with Crippen molar-refractivity contribution in [3.8, 4) is 5.75 Å². The number of hydrogen-bond donors (Lipinski definition) is 3. The largest absolute Gasteiger partial charge is 0.509 e. The number of nitro groups is 1. The summed E-state index contributed by atoms with van der Waals surface area (Å²) in [7, 11) is 0. The van der Waals surface area contributed by atoms with E-state index in [0.717, 1.165) is 11.8 Å². The molecule has 2 aliphatic rings.